The number of pyridine rings is 1. The molecule has 1 amide bonds. The predicted octanol–water partition coefficient (Wildman–Crippen LogP) is 1.78. The number of rotatable bonds is 5. The molecule has 0 aliphatic carbocycles. The molecule has 104 valence electrons. The maximum absolute atomic E-state index is 11.2. The van der Waals surface area contributed by atoms with Crippen LogP contribution in [0.5, 0.6) is 17.4 Å². The number of benzene rings is 1. The number of nitrogens with one attached hydrogen (secondary N) is 1. The summed E-state index contributed by atoms with van der Waals surface area (Å²) in [6.45, 7) is -0.0946. The Morgan fingerprint density at radius 3 is 2.75 bits per heavy atom. The van der Waals surface area contributed by atoms with E-state index in [1.165, 1.54) is 0 Å². The molecule has 1 aromatic carbocycles. The lowest BCUT2D eigenvalue weighted by Crippen LogP contribution is -2.22. The number of ether oxygens (including phenoxy) is 2. The van der Waals surface area contributed by atoms with Crippen molar-refractivity contribution in [2.45, 2.75) is 0 Å². The molecule has 20 heavy (non-hydrogen) atoms. The molecule has 0 aliphatic heterocycles. The third-order valence-corrected chi connectivity index (χ3v) is 2.44. The van der Waals surface area contributed by atoms with Crippen molar-refractivity contribution in [3.05, 3.63) is 42.5 Å². The molecule has 0 saturated carbocycles. The molecular formula is C14H15N3O3. The minimum absolute atomic E-state index is 0.0946. The highest BCUT2D eigenvalue weighted by molar-refractivity contribution is 5.91. The van der Waals surface area contributed by atoms with Gasteiger partial charge in [0.05, 0.1) is 13.7 Å². The number of hydrogen-bond acceptors (Lipinski definition) is 5. The Hall–Kier alpha value is -2.60. The van der Waals surface area contributed by atoms with Crippen molar-refractivity contribution in [3.8, 4) is 17.4 Å². The lowest BCUT2D eigenvalue weighted by Gasteiger charge is -2.08. The first kappa shape index (κ1) is 13.8. The molecule has 0 saturated heterocycles. The van der Waals surface area contributed by atoms with Gasteiger partial charge < -0.3 is 20.5 Å². The van der Waals surface area contributed by atoms with Crippen LogP contribution in [0.3, 0.4) is 0 Å². The van der Waals surface area contributed by atoms with Crippen LogP contribution in [0.25, 0.3) is 0 Å². The van der Waals surface area contributed by atoms with Gasteiger partial charge in [-0.25, -0.2) is 0 Å². The van der Waals surface area contributed by atoms with E-state index < -0.39 is 0 Å². The zero-order valence-corrected chi connectivity index (χ0v) is 11.0. The van der Waals surface area contributed by atoms with E-state index in [1.807, 2.05) is 12.1 Å². The van der Waals surface area contributed by atoms with Gasteiger partial charge in [-0.3, -0.25) is 4.79 Å². The third-order valence-electron chi connectivity index (χ3n) is 2.44. The molecule has 0 bridgehead atoms. The van der Waals surface area contributed by atoms with E-state index in [0.29, 0.717) is 23.2 Å². The Kier molecular flexibility index (Phi) is 4.52. The molecule has 3 N–H and O–H groups in total. The zero-order valence-electron chi connectivity index (χ0n) is 11.0. The second kappa shape index (κ2) is 6.53. The minimum Gasteiger partial charge on any atom is -0.497 e. The number of aromatic nitrogens is 1. The molecule has 0 radical (unpaired) electrons. The van der Waals surface area contributed by atoms with E-state index in [4.69, 9.17) is 15.2 Å². The summed E-state index contributed by atoms with van der Waals surface area (Å²) in [5, 5.41) is 2.56. The molecule has 6 heteroatoms. The lowest BCUT2D eigenvalue weighted by molar-refractivity contribution is -0.114. The quantitative estimate of drug-likeness (QED) is 0.867. The lowest BCUT2D eigenvalue weighted by atomic mass is 10.3. The molecule has 0 fully saturated rings. The van der Waals surface area contributed by atoms with E-state index in [-0.39, 0.29) is 12.5 Å². The van der Waals surface area contributed by atoms with Gasteiger partial charge in [0, 0.05) is 12.1 Å². The van der Waals surface area contributed by atoms with Crippen LogP contribution in [0.2, 0.25) is 0 Å². The van der Waals surface area contributed by atoms with Crippen LogP contribution in [0.15, 0.2) is 42.5 Å². The first-order valence-electron chi connectivity index (χ1n) is 6.00. The molecule has 2 rings (SSSR count). The molecule has 1 heterocycles. The van der Waals surface area contributed by atoms with Gasteiger partial charge in [-0.1, -0.05) is 12.1 Å². The zero-order chi connectivity index (χ0) is 14.4. The van der Waals surface area contributed by atoms with E-state index in [9.17, 15) is 4.79 Å². The standard InChI is InChI=1S/C14H15N3O3/c1-19-10-4-2-5-11(8-10)20-14-7-3-6-12(17-14)16-13(18)9-15/h2-8H,9,15H2,1H3,(H,16,17,18). The molecule has 6 nitrogen and oxygen atoms in total. The van der Waals surface area contributed by atoms with Crippen molar-refractivity contribution in [1.29, 1.82) is 0 Å². The second-order valence-electron chi connectivity index (χ2n) is 3.89. The largest absolute Gasteiger partial charge is 0.497 e. The van der Waals surface area contributed by atoms with E-state index in [1.54, 1.807) is 37.4 Å². The first-order valence-corrected chi connectivity index (χ1v) is 6.00. The van der Waals surface area contributed by atoms with Crippen LogP contribution >= 0.6 is 0 Å². The SMILES string of the molecule is COc1cccc(Oc2cccc(NC(=O)CN)n2)c1. The fourth-order valence-corrected chi connectivity index (χ4v) is 1.52. The highest BCUT2D eigenvalue weighted by Gasteiger charge is 2.04. The third kappa shape index (κ3) is 3.69. The number of nitrogens with two attached hydrogens (primary N) is 1. The van der Waals surface area contributed by atoms with Crippen LogP contribution in [0, 0.1) is 0 Å². The maximum atomic E-state index is 11.2. The molecule has 1 aromatic heterocycles. The van der Waals surface area contributed by atoms with Gasteiger partial charge in [-0.2, -0.15) is 4.98 Å². The predicted molar refractivity (Wildman–Crippen MR) is 75.0 cm³/mol. The molecule has 0 aliphatic rings. The monoisotopic (exact) mass is 273 g/mol. The summed E-state index contributed by atoms with van der Waals surface area (Å²) in [5.74, 6) is 1.74. The molecule has 2 aromatic rings. The topological polar surface area (TPSA) is 86.5 Å². The Bertz CT molecular complexity index is 602. The van der Waals surface area contributed by atoms with Crippen LogP contribution in [-0.4, -0.2) is 24.5 Å². The Labute approximate surface area is 116 Å². The Morgan fingerprint density at radius 2 is 2.00 bits per heavy atom. The van der Waals surface area contributed by atoms with Crippen molar-refractivity contribution in [3.63, 3.8) is 0 Å². The smallest absolute Gasteiger partial charge is 0.239 e. The second-order valence-corrected chi connectivity index (χ2v) is 3.89. The van der Waals surface area contributed by atoms with Gasteiger partial charge in [-0.15, -0.1) is 0 Å². The Morgan fingerprint density at radius 1 is 1.25 bits per heavy atom. The van der Waals surface area contributed by atoms with Gasteiger partial charge in [0.1, 0.15) is 17.3 Å². The fourth-order valence-electron chi connectivity index (χ4n) is 1.52. The number of amides is 1. The average Bonchev–Trinajstić information content (AvgIpc) is 2.47. The van der Waals surface area contributed by atoms with Crippen molar-refractivity contribution in [2.24, 2.45) is 5.73 Å². The molecule has 0 atom stereocenters. The highest BCUT2D eigenvalue weighted by Crippen LogP contribution is 2.24. The average molecular weight is 273 g/mol. The van der Waals surface area contributed by atoms with Crippen molar-refractivity contribution < 1.29 is 14.3 Å². The van der Waals surface area contributed by atoms with Crippen LogP contribution in [0.1, 0.15) is 0 Å². The first-order chi connectivity index (χ1) is 9.71. The summed E-state index contributed by atoms with van der Waals surface area (Å²) in [5.41, 5.74) is 5.23. The summed E-state index contributed by atoms with van der Waals surface area (Å²) >= 11 is 0. The number of nitrogens with zero attached hydrogens (tertiary/aromatic N) is 1. The van der Waals surface area contributed by atoms with Gasteiger partial charge in [-0.05, 0) is 18.2 Å². The molecule has 0 spiro atoms. The van der Waals surface area contributed by atoms with Gasteiger partial charge in [0.15, 0.2) is 0 Å². The van der Waals surface area contributed by atoms with Crippen molar-refractivity contribution >= 4 is 11.7 Å². The summed E-state index contributed by atoms with van der Waals surface area (Å²) in [6, 6.07) is 12.2. The van der Waals surface area contributed by atoms with E-state index in [0.717, 1.165) is 0 Å². The van der Waals surface area contributed by atoms with Gasteiger partial charge in [0.25, 0.3) is 0 Å². The maximum Gasteiger partial charge on any atom is 0.239 e. The molecule has 0 unspecified atom stereocenters. The summed E-state index contributed by atoms with van der Waals surface area (Å²) < 4.78 is 10.7. The highest BCUT2D eigenvalue weighted by atomic mass is 16.5. The summed E-state index contributed by atoms with van der Waals surface area (Å²) in [4.78, 5) is 15.4. The van der Waals surface area contributed by atoms with Crippen LogP contribution < -0.4 is 20.5 Å². The van der Waals surface area contributed by atoms with E-state index in [2.05, 4.69) is 10.3 Å². The summed E-state index contributed by atoms with van der Waals surface area (Å²) in [7, 11) is 1.58. The normalized spacial score (nSPS) is 9.90. The minimum atomic E-state index is -0.309. The number of carbonyl (C=O) groups is 1. The molecular weight excluding hydrogens is 258 g/mol. The van der Waals surface area contributed by atoms with Gasteiger partial charge in [0.2, 0.25) is 11.8 Å². The fraction of sp³-hybridized carbons (Fsp3) is 0.143. The van der Waals surface area contributed by atoms with Gasteiger partial charge >= 0.3 is 0 Å². The number of anilines is 1. The number of carbonyl (C=O) groups excluding carboxylic acids is 1. The Balaban J connectivity index is 2.12. The van der Waals surface area contributed by atoms with Crippen molar-refractivity contribution in [1.82, 2.24) is 4.98 Å². The van der Waals surface area contributed by atoms with Crippen LogP contribution in [-0.2, 0) is 4.79 Å². The number of methoxy groups -OCH3 is 1. The van der Waals surface area contributed by atoms with E-state index >= 15 is 0 Å². The van der Waals surface area contributed by atoms with Crippen molar-refractivity contribution in [2.75, 3.05) is 19.0 Å². The summed E-state index contributed by atoms with van der Waals surface area (Å²) in [6.07, 6.45) is 0. The number of hydrogen-bond donors (Lipinski definition) is 2. The van der Waals surface area contributed by atoms with Crippen LogP contribution in [0.4, 0.5) is 5.82 Å².